The molecule has 0 aliphatic heterocycles. The number of ether oxygens (including phenoxy) is 1. The Bertz CT molecular complexity index is 891. The highest BCUT2D eigenvalue weighted by atomic mass is 16.5. The molecular weight excluding hydrogens is 342 g/mol. The van der Waals surface area contributed by atoms with Gasteiger partial charge in [-0.25, -0.2) is 0 Å². The molecule has 0 saturated heterocycles. The summed E-state index contributed by atoms with van der Waals surface area (Å²) < 4.78 is 11.3. The Morgan fingerprint density at radius 2 is 1.93 bits per heavy atom. The van der Waals surface area contributed by atoms with Crippen LogP contribution in [0, 0.1) is 13.8 Å². The molecule has 27 heavy (non-hydrogen) atoms. The van der Waals surface area contributed by atoms with Crippen LogP contribution in [-0.4, -0.2) is 29.3 Å². The standard InChI is InChI=1S/C21H23N3O3/c1-15-8-9-18(16(2)14-15)26-13-12-22-19(25)10-11-20-23-24-21(27-20)17-6-4-3-5-7-17/h3-9,14H,10-13H2,1-2H3,(H,22,25). The molecule has 0 atom stereocenters. The topological polar surface area (TPSA) is 77.2 Å². The second-order valence-corrected chi connectivity index (χ2v) is 6.33. The predicted molar refractivity (Wildman–Crippen MR) is 102 cm³/mol. The Kier molecular flexibility index (Phi) is 6.20. The number of hydrogen-bond acceptors (Lipinski definition) is 5. The summed E-state index contributed by atoms with van der Waals surface area (Å²) in [6.45, 7) is 4.93. The van der Waals surface area contributed by atoms with Gasteiger partial charge in [0.1, 0.15) is 12.4 Å². The van der Waals surface area contributed by atoms with Gasteiger partial charge in [0.15, 0.2) is 0 Å². The summed E-state index contributed by atoms with van der Waals surface area (Å²) in [5.41, 5.74) is 3.15. The van der Waals surface area contributed by atoms with Gasteiger partial charge < -0.3 is 14.5 Å². The molecule has 0 fully saturated rings. The van der Waals surface area contributed by atoms with Crippen molar-refractivity contribution in [2.45, 2.75) is 26.7 Å². The zero-order valence-corrected chi connectivity index (χ0v) is 15.6. The maximum absolute atomic E-state index is 12.0. The van der Waals surface area contributed by atoms with E-state index in [4.69, 9.17) is 9.15 Å². The Balaban J connectivity index is 1.38. The number of hydrogen-bond donors (Lipinski definition) is 1. The first kappa shape index (κ1) is 18.6. The number of nitrogens with one attached hydrogen (secondary N) is 1. The van der Waals surface area contributed by atoms with Gasteiger partial charge in [0.2, 0.25) is 17.7 Å². The molecule has 1 amide bonds. The lowest BCUT2D eigenvalue weighted by Crippen LogP contribution is -2.28. The van der Waals surface area contributed by atoms with E-state index in [2.05, 4.69) is 21.6 Å². The van der Waals surface area contributed by atoms with Crippen molar-refractivity contribution in [2.75, 3.05) is 13.2 Å². The van der Waals surface area contributed by atoms with E-state index in [9.17, 15) is 4.79 Å². The molecule has 1 N–H and O–H groups in total. The van der Waals surface area contributed by atoms with Gasteiger partial charge in [0, 0.05) is 18.4 Å². The fraction of sp³-hybridized carbons (Fsp3) is 0.286. The lowest BCUT2D eigenvalue weighted by atomic mass is 10.1. The number of nitrogens with zero attached hydrogens (tertiary/aromatic N) is 2. The predicted octanol–water partition coefficient (Wildman–Crippen LogP) is 3.48. The van der Waals surface area contributed by atoms with Crippen LogP contribution < -0.4 is 10.1 Å². The molecule has 1 aromatic heterocycles. The maximum atomic E-state index is 12.0. The fourth-order valence-electron chi connectivity index (χ4n) is 2.67. The minimum Gasteiger partial charge on any atom is -0.491 e. The van der Waals surface area contributed by atoms with Gasteiger partial charge in [-0.15, -0.1) is 10.2 Å². The minimum atomic E-state index is -0.0707. The second kappa shape index (κ2) is 8.98. The van der Waals surface area contributed by atoms with Crippen LogP contribution in [0.4, 0.5) is 0 Å². The van der Waals surface area contributed by atoms with E-state index in [1.807, 2.05) is 56.3 Å². The average molecular weight is 365 g/mol. The average Bonchev–Trinajstić information content (AvgIpc) is 3.15. The maximum Gasteiger partial charge on any atom is 0.247 e. The van der Waals surface area contributed by atoms with E-state index in [1.165, 1.54) is 5.56 Å². The fourth-order valence-corrected chi connectivity index (χ4v) is 2.67. The first-order valence-corrected chi connectivity index (χ1v) is 8.96. The molecule has 2 aromatic carbocycles. The Labute approximate surface area is 158 Å². The third-order valence-corrected chi connectivity index (χ3v) is 4.07. The lowest BCUT2D eigenvalue weighted by Gasteiger charge is -2.10. The van der Waals surface area contributed by atoms with Crippen molar-refractivity contribution in [1.82, 2.24) is 15.5 Å². The highest BCUT2D eigenvalue weighted by Gasteiger charge is 2.10. The number of rotatable bonds is 8. The van der Waals surface area contributed by atoms with Gasteiger partial charge in [0.25, 0.3) is 0 Å². The van der Waals surface area contributed by atoms with Crippen molar-refractivity contribution in [1.29, 1.82) is 0 Å². The third kappa shape index (κ3) is 5.41. The van der Waals surface area contributed by atoms with E-state index in [0.29, 0.717) is 37.8 Å². The molecule has 3 rings (SSSR count). The van der Waals surface area contributed by atoms with E-state index in [0.717, 1.165) is 16.9 Å². The van der Waals surface area contributed by atoms with Crippen molar-refractivity contribution >= 4 is 5.91 Å². The molecule has 0 saturated carbocycles. The lowest BCUT2D eigenvalue weighted by molar-refractivity contribution is -0.121. The summed E-state index contributed by atoms with van der Waals surface area (Å²) in [7, 11) is 0. The molecule has 0 spiro atoms. The van der Waals surface area contributed by atoms with Gasteiger partial charge >= 0.3 is 0 Å². The molecular formula is C21H23N3O3. The largest absolute Gasteiger partial charge is 0.491 e. The van der Waals surface area contributed by atoms with Crippen LogP contribution in [0.2, 0.25) is 0 Å². The minimum absolute atomic E-state index is 0.0707. The summed E-state index contributed by atoms with van der Waals surface area (Å²) in [6, 6.07) is 15.6. The van der Waals surface area contributed by atoms with E-state index < -0.39 is 0 Å². The van der Waals surface area contributed by atoms with Crippen LogP contribution in [0.25, 0.3) is 11.5 Å². The van der Waals surface area contributed by atoms with Crippen LogP contribution >= 0.6 is 0 Å². The van der Waals surface area contributed by atoms with Gasteiger partial charge in [-0.1, -0.05) is 35.9 Å². The Morgan fingerprint density at radius 1 is 1.11 bits per heavy atom. The second-order valence-electron chi connectivity index (χ2n) is 6.33. The molecule has 6 nitrogen and oxygen atoms in total. The Hall–Kier alpha value is -3.15. The van der Waals surface area contributed by atoms with Gasteiger partial charge in [0.05, 0.1) is 6.54 Å². The SMILES string of the molecule is Cc1ccc(OCCNC(=O)CCc2nnc(-c3ccccc3)o2)c(C)c1. The summed E-state index contributed by atoms with van der Waals surface area (Å²) in [6.07, 6.45) is 0.698. The molecule has 3 aromatic rings. The summed E-state index contributed by atoms with van der Waals surface area (Å²) in [4.78, 5) is 12.0. The Morgan fingerprint density at radius 3 is 2.70 bits per heavy atom. The molecule has 0 unspecified atom stereocenters. The number of carbonyl (C=O) groups is 1. The smallest absolute Gasteiger partial charge is 0.247 e. The molecule has 0 aliphatic rings. The summed E-state index contributed by atoms with van der Waals surface area (Å²) >= 11 is 0. The quantitative estimate of drug-likeness (QED) is 0.619. The highest BCUT2D eigenvalue weighted by Crippen LogP contribution is 2.19. The van der Waals surface area contributed by atoms with Crippen LogP contribution in [-0.2, 0) is 11.2 Å². The van der Waals surface area contributed by atoms with Crippen molar-refractivity contribution < 1.29 is 13.9 Å². The molecule has 140 valence electrons. The summed E-state index contributed by atoms with van der Waals surface area (Å²) in [5, 5.41) is 10.9. The molecule has 0 radical (unpaired) electrons. The number of aromatic nitrogens is 2. The van der Waals surface area contributed by atoms with Crippen molar-refractivity contribution in [3.63, 3.8) is 0 Å². The van der Waals surface area contributed by atoms with Crippen LogP contribution in [0.1, 0.15) is 23.4 Å². The van der Waals surface area contributed by atoms with Crippen molar-refractivity contribution in [3.05, 3.63) is 65.5 Å². The number of aryl methyl sites for hydroxylation is 3. The third-order valence-electron chi connectivity index (χ3n) is 4.07. The van der Waals surface area contributed by atoms with Crippen LogP contribution in [0.15, 0.2) is 52.9 Å². The summed E-state index contributed by atoms with van der Waals surface area (Å²) in [5.74, 6) is 1.69. The molecule has 6 heteroatoms. The van der Waals surface area contributed by atoms with Gasteiger partial charge in [-0.05, 0) is 37.6 Å². The van der Waals surface area contributed by atoms with Crippen molar-refractivity contribution in [3.8, 4) is 17.2 Å². The molecule has 1 heterocycles. The monoisotopic (exact) mass is 365 g/mol. The van der Waals surface area contributed by atoms with Crippen LogP contribution in [0.3, 0.4) is 0 Å². The van der Waals surface area contributed by atoms with Gasteiger partial charge in [-0.2, -0.15) is 0 Å². The van der Waals surface area contributed by atoms with Crippen molar-refractivity contribution in [2.24, 2.45) is 0 Å². The zero-order chi connectivity index (χ0) is 19.1. The molecule has 0 bridgehead atoms. The van der Waals surface area contributed by atoms with Crippen LogP contribution in [0.5, 0.6) is 5.75 Å². The van der Waals surface area contributed by atoms with E-state index >= 15 is 0 Å². The highest BCUT2D eigenvalue weighted by molar-refractivity contribution is 5.76. The van der Waals surface area contributed by atoms with E-state index in [1.54, 1.807) is 0 Å². The van der Waals surface area contributed by atoms with Gasteiger partial charge in [-0.3, -0.25) is 4.79 Å². The van der Waals surface area contributed by atoms with E-state index in [-0.39, 0.29) is 5.91 Å². The zero-order valence-electron chi connectivity index (χ0n) is 15.6. The first-order valence-electron chi connectivity index (χ1n) is 8.96. The number of benzene rings is 2. The number of carbonyl (C=O) groups excluding carboxylic acids is 1. The molecule has 0 aliphatic carbocycles. The normalized spacial score (nSPS) is 10.6. The number of amides is 1. The first-order chi connectivity index (χ1) is 13.1.